The van der Waals surface area contributed by atoms with Gasteiger partial charge in [0.15, 0.2) is 0 Å². The van der Waals surface area contributed by atoms with E-state index in [1.54, 1.807) is 6.07 Å². The Hall–Kier alpha value is -1.08. The number of rotatable bonds is 10. The monoisotopic (exact) mass is 300 g/mol. The molecule has 0 saturated heterocycles. The summed E-state index contributed by atoms with van der Waals surface area (Å²) >= 11 is 0. The minimum absolute atomic E-state index is 0.343. The van der Waals surface area contributed by atoms with Crippen molar-refractivity contribution in [3.05, 3.63) is 0 Å². The zero-order valence-electron chi connectivity index (χ0n) is 14.8. The van der Waals surface area contributed by atoms with Gasteiger partial charge >= 0.3 is 5.97 Å². The summed E-state index contributed by atoms with van der Waals surface area (Å²) in [6, 6.07) is 1.75. The molecule has 0 heterocycles. The quantitative estimate of drug-likeness (QED) is 0.594. The molecule has 0 aliphatic rings. The van der Waals surface area contributed by atoms with Crippen LogP contribution in [0.1, 0.15) is 78.1 Å². The van der Waals surface area contributed by atoms with Crippen molar-refractivity contribution in [3.8, 4) is 6.07 Å². The fourth-order valence-electron chi connectivity index (χ4n) is 1.59. The zero-order chi connectivity index (χ0) is 16.9. The Morgan fingerprint density at radius 1 is 0.952 bits per heavy atom. The van der Waals surface area contributed by atoms with E-state index in [9.17, 15) is 4.79 Å². The highest BCUT2D eigenvalue weighted by atomic mass is 16.4. The van der Waals surface area contributed by atoms with E-state index in [1.165, 1.54) is 51.9 Å². The molecule has 4 nitrogen and oxygen atoms in total. The smallest absolute Gasteiger partial charge is 0.303 e. The lowest BCUT2D eigenvalue weighted by atomic mass is 10.1. The fraction of sp³-hybridized carbons (Fsp3) is 0.882. The summed E-state index contributed by atoms with van der Waals surface area (Å²) < 4.78 is 0. The van der Waals surface area contributed by atoms with Crippen LogP contribution in [0.15, 0.2) is 0 Å². The third-order valence-electron chi connectivity index (χ3n) is 2.49. The molecule has 0 unspecified atom stereocenters. The number of nitriles is 1. The van der Waals surface area contributed by atoms with Crippen LogP contribution >= 0.6 is 0 Å². The molecular weight excluding hydrogens is 264 g/mol. The Morgan fingerprint density at radius 3 is 1.52 bits per heavy atom. The minimum Gasteiger partial charge on any atom is -0.481 e. The van der Waals surface area contributed by atoms with Crippen LogP contribution in [-0.4, -0.2) is 37.1 Å². The van der Waals surface area contributed by atoms with Crippen LogP contribution in [0.5, 0.6) is 0 Å². The van der Waals surface area contributed by atoms with Gasteiger partial charge < -0.3 is 10.0 Å². The van der Waals surface area contributed by atoms with Crippen molar-refractivity contribution >= 4 is 5.97 Å². The Morgan fingerprint density at radius 2 is 1.24 bits per heavy atom. The molecule has 4 heteroatoms. The molecule has 0 amide bonds. The average Bonchev–Trinajstić information content (AvgIpc) is 2.37. The molecular formula is C17H36N2O2. The summed E-state index contributed by atoms with van der Waals surface area (Å²) in [5.74, 6) is -0.659. The highest BCUT2D eigenvalue weighted by Crippen LogP contribution is 2.10. The number of carboxylic acid groups (broad SMARTS) is 1. The van der Waals surface area contributed by atoms with Crippen LogP contribution in [0.25, 0.3) is 0 Å². The van der Waals surface area contributed by atoms with Gasteiger partial charge in [0.1, 0.15) is 0 Å². The molecule has 0 radical (unpaired) electrons. The Labute approximate surface area is 132 Å². The molecule has 0 aliphatic heterocycles. The summed E-state index contributed by atoms with van der Waals surface area (Å²) in [5.41, 5.74) is 0. The molecule has 0 aliphatic carbocycles. The largest absolute Gasteiger partial charge is 0.481 e. The van der Waals surface area contributed by atoms with Gasteiger partial charge in [0.05, 0.1) is 6.07 Å². The molecule has 0 aromatic heterocycles. The summed E-state index contributed by atoms with van der Waals surface area (Å²) in [5, 5.41) is 15.7. The van der Waals surface area contributed by atoms with E-state index in [1.807, 2.05) is 26.0 Å². The maximum absolute atomic E-state index is 10.2. The maximum Gasteiger partial charge on any atom is 0.303 e. The maximum atomic E-state index is 10.2. The predicted molar refractivity (Wildman–Crippen MR) is 90.4 cm³/mol. The first-order valence-corrected chi connectivity index (χ1v) is 8.05. The number of hydrogen-bond acceptors (Lipinski definition) is 3. The van der Waals surface area contributed by atoms with E-state index >= 15 is 0 Å². The first-order chi connectivity index (χ1) is 9.92. The molecule has 0 saturated carbocycles. The van der Waals surface area contributed by atoms with Gasteiger partial charge in [-0.3, -0.25) is 4.79 Å². The molecule has 0 bridgehead atoms. The fourth-order valence-corrected chi connectivity index (χ4v) is 1.59. The van der Waals surface area contributed by atoms with Gasteiger partial charge in [-0.1, -0.05) is 58.3 Å². The van der Waals surface area contributed by atoms with Crippen LogP contribution in [0.3, 0.4) is 0 Å². The molecule has 0 fully saturated rings. The third kappa shape index (κ3) is 55.0. The number of carboxylic acids is 1. The highest BCUT2D eigenvalue weighted by Gasteiger charge is 1.96. The first-order valence-electron chi connectivity index (χ1n) is 8.05. The standard InChI is InChI=1S/C12H24O2.C3H9N.C2H3N/c1-2-3-4-5-6-7-8-9-10-11-12(13)14;1-4(2)3;1-2-3/h2-11H2,1H3,(H,13,14);1-3H3;1H3. The van der Waals surface area contributed by atoms with E-state index < -0.39 is 5.97 Å². The predicted octanol–water partition coefficient (Wildman–Crippen LogP) is 4.70. The van der Waals surface area contributed by atoms with Crippen LogP contribution in [0.4, 0.5) is 0 Å². The number of carbonyl (C=O) groups is 1. The second kappa shape index (κ2) is 24.0. The van der Waals surface area contributed by atoms with Crippen molar-refractivity contribution in [1.82, 2.24) is 4.90 Å². The Balaban J connectivity index is -0.000000386. The van der Waals surface area contributed by atoms with E-state index in [0.29, 0.717) is 6.42 Å². The second-order valence-electron chi connectivity index (χ2n) is 5.54. The van der Waals surface area contributed by atoms with Crippen LogP contribution < -0.4 is 0 Å². The topological polar surface area (TPSA) is 64.3 Å². The second-order valence-corrected chi connectivity index (χ2v) is 5.54. The highest BCUT2D eigenvalue weighted by molar-refractivity contribution is 5.66. The van der Waals surface area contributed by atoms with Crippen LogP contribution in [-0.2, 0) is 4.79 Å². The van der Waals surface area contributed by atoms with Gasteiger partial charge in [-0.2, -0.15) is 5.26 Å². The molecule has 0 aromatic carbocycles. The molecule has 21 heavy (non-hydrogen) atoms. The lowest BCUT2D eigenvalue weighted by Gasteiger charge is -2.00. The van der Waals surface area contributed by atoms with E-state index in [0.717, 1.165) is 12.8 Å². The lowest BCUT2D eigenvalue weighted by Crippen LogP contribution is -1.99. The van der Waals surface area contributed by atoms with Crippen molar-refractivity contribution in [2.75, 3.05) is 21.1 Å². The molecule has 0 atom stereocenters. The van der Waals surface area contributed by atoms with E-state index in [-0.39, 0.29) is 0 Å². The lowest BCUT2D eigenvalue weighted by molar-refractivity contribution is -0.137. The third-order valence-corrected chi connectivity index (χ3v) is 2.49. The van der Waals surface area contributed by atoms with Crippen molar-refractivity contribution in [3.63, 3.8) is 0 Å². The zero-order valence-corrected chi connectivity index (χ0v) is 14.8. The van der Waals surface area contributed by atoms with Gasteiger partial charge in [0.2, 0.25) is 0 Å². The number of unbranched alkanes of at least 4 members (excludes halogenated alkanes) is 8. The average molecular weight is 300 g/mol. The minimum atomic E-state index is -0.659. The summed E-state index contributed by atoms with van der Waals surface area (Å²) in [4.78, 5) is 12.2. The molecule has 1 N–H and O–H groups in total. The number of aliphatic carboxylic acids is 1. The van der Waals surface area contributed by atoms with Gasteiger partial charge in [-0.05, 0) is 27.6 Å². The first kappa shape index (κ1) is 24.9. The Kier molecular flexibility index (Phi) is 28.4. The van der Waals surface area contributed by atoms with Crippen molar-refractivity contribution in [2.24, 2.45) is 0 Å². The van der Waals surface area contributed by atoms with Gasteiger partial charge in [-0.15, -0.1) is 0 Å². The Bertz CT molecular complexity index is 233. The molecule has 0 rings (SSSR count). The summed E-state index contributed by atoms with van der Waals surface area (Å²) in [7, 11) is 6.00. The molecule has 0 aromatic rings. The SMILES string of the molecule is CC#N.CCCCCCCCCCCC(=O)O.CN(C)C. The normalized spacial score (nSPS) is 9.00. The van der Waals surface area contributed by atoms with Crippen molar-refractivity contribution < 1.29 is 9.90 Å². The van der Waals surface area contributed by atoms with Gasteiger partial charge in [0, 0.05) is 13.3 Å². The van der Waals surface area contributed by atoms with Gasteiger partial charge in [0.25, 0.3) is 0 Å². The van der Waals surface area contributed by atoms with E-state index in [2.05, 4.69) is 6.92 Å². The van der Waals surface area contributed by atoms with Crippen LogP contribution in [0, 0.1) is 11.3 Å². The molecule has 126 valence electrons. The summed E-state index contributed by atoms with van der Waals surface area (Å²) in [6.07, 6.45) is 11.5. The summed E-state index contributed by atoms with van der Waals surface area (Å²) in [6.45, 7) is 3.66. The number of hydrogen-bond donors (Lipinski definition) is 1. The van der Waals surface area contributed by atoms with Gasteiger partial charge in [-0.25, -0.2) is 0 Å². The van der Waals surface area contributed by atoms with Crippen LogP contribution in [0.2, 0.25) is 0 Å². The van der Waals surface area contributed by atoms with Crippen molar-refractivity contribution in [2.45, 2.75) is 78.1 Å². The van der Waals surface area contributed by atoms with E-state index in [4.69, 9.17) is 10.4 Å². The molecule has 0 spiro atoms. The van der Waals surface area contributed by atoms with Crippen molar-refractivity contribution in [1.29, 1.82) is 5.26 Å². The number of nitrogens with zero attached hydrogens (tertiary/aromatic N) is 2.